The zero-order chi connectivity index (χ0) is 12.3. The van der Waals surface area contributed by atoms with Gasteiger partial charge >= 0.3 is 0 Å². The molecule has 0 radical (unpaired) electrons. The van der Waals surface area contributed by atoms with Crippen molar-refractivity contribution in [1.82, 2.24) is 4.90 Å². The molecule has 3 heteroatoms. The molecule has 17 heavy (non-hydrogen) atoms. The van der Waals surface area contributed by atoms with Gasteiger partial charge in [0.2, 0.25) is 0 Å². The number of hydrogen-bond acceptors (Lipinski definition) is 3. The van der Waals surface area contributed by atoms with Gasteiger partial charge in [-0.05, 0) is 25.2 Å². The van der Waals surface area contributed by atoms with Gasteiger partial charge in [0.25, 0.3) is 0 Å². The van der Waals surface area contributed by atoms with E-state index in [-0.39, 0.29) is 5.54 Å². The van der Waals surface area contributed by atoms with Gasteiger partial charge < -0.3 is 10.5 Å². The monoisotopic (exact) mass is 240 g/mol. The van der Waals surface area contributed by atoms with E-state index in [1.54, 1.807) is 0 Å². The zero-order valence-electron chi connectivity index (χ0n) is 11.5. The molecule has 2 rings (SSSR count). The maximum absolute atomic E-state index is 6.16. The molecule has 1 saturated heterocycles. The maximum Gasteiger partial charge on any atom is 0.0700 e. The van der Waals surface area contributed by atoms with Gasteiger partial charge in [0.15, 0.2) is 0 Å². The first-order valence-corrected chi connectivity index (χ1v) is 7.29. The van der Waals surface area contributed by atoms with Crippen LogP contribution >= 0.6 is 0 Å². The minimum absolute atomic E-state index is 0.259. The van der Waals surface area contributed by atoms with Crippen molar-refractivity contribution in [2.75, 3.05) is 26.2 Å². The van der Waals surface area contributed by atoms with Gasteiger partial charge in [0, 0.05) is 25.2 Å². The average molecular weight is 240 g/mol. The molecule has 100 valence electrons. The van der Waals surface area contributed by atoms with Crippen LogP contribution in [0.4, 0.5) is 0 Å². The summed E-state index contributed by atoms with van der Waals surface area (Å²) in [4.78, 5) is 2.65. The molecule has 0 aromatic rings. The maximum atomic E-state index is 6.16. The third-order valence-electron chi connectivity index (χ3n) is 4.99. The van der Waals surface area contributed by atoms with Gasteiger partial charge in [-0.1, -0.05) is 26.7 Å². The lowest BCUT2D eigenvalue weighted by Gasteiger charge is -2.52. The van der Waals surface area contributed by atoms with E-state index in [0.717, 1.165) is 38.6 Å². The fourth-order valence-corrected chi connectivity index (χ4v) is 3.67. The molecule has 1 heterocycles. The third-order valence-corrected chi connectivity index (χ3v) is 4.99. The second-order valence-corrected chi connectivity index (χ2v) is 5.80. The van der Waals surface area contributed by atoms with Crippen molar-refractivity contribution in [3.63, 3.8) is 0 Å². The van der Waals surface area contributed by atoms with E-state index >= 15 is 0 Å². The second kappa shape index (κ2) is 5.68. The standard InChI is InChI=1S/C14H28N2O/c1-3-13-10-16(8-9-17-13)14(11-15)7-5-4-6-12(14)2/h12-13H,3-11,15H2,1-2H3. The van der Waals surface area contributed by atoms with Gasteiger partial charge in [0.05, 0.1) is 12.7 Å². The Morgan fingerprint density at radius 2 is 2.24 bits per heavy atom. The van der Waals surface area contributed by atoms with E-state index in [1.165, 1.54) is 25.7 Å². The Bertz CT molecular complexity index is 246. The molecule has 2 aliphatic rings. The molecule has 0 amide bonds. The van der Waals surface area contributed by atoms with Crippen molar-refractivity contribution in [3.8, 4) is 0 Å². The molecule has 1 aliphatic heterocycles. The summed E-state index contributed by atoms with van der Waals surface area (Å²) >= 11 is 0. The summed E-state index contributed by atoms with van der Waals surface area (Å²) < 4.78 is 5.79. The lowest BCUT2D eigenvalue weighted by atomic mass is 9.72. The van der Waals surface area contributed by atoms with Crippen molar-refractivity contribution >= 4 is 0 Å². The Morgan fingerprint density at radius 3 is 2.88 bits per heavy atom. The Morgan fingerprint density at radius 1 is 1.41 bits per heavy atom. The number of nitrogens with zero attached hydrogens (tertiary/aromatic N) is 1. The topological polar surface area (TPSA) is 38.5 Å². The zero-order valence-corrected chi connectivity index (χ0v) is 11.5. The SMILES string of the molecule is CCC1CN(C2(CN)CCCCC2C)CCO1. The van der Waals surface area contributed by atoms with Crippen LogP contribution in [0.2, 0.25) is 0 Å². The first-order chi connectivity index (χ1) is 8.23. The summed E-state index contributed by atoms with van der Waals surface area (Å²) in [7, 11) is 0. The van der Waals surface area contributed by atoms with Gasteiger partial charge in [-0.25, -0.2) is 0 Å². The Labute approximate surface area is 106 Å². The summed E-state index contributed by atoms with van der Waals surface area (Å²) in [5.74, 6) is 0.733. The smallest absolute Gasteiger partial charge is 0.0700 e. The quantitative estimate of drug-likeness (QED) is 0.820. The van der Waals surface area contributed by atoms with Crippen LogP contribution in [-0.2, 0) is 4.74 Å². The fraction of sp³-hybridized carbons (Fsp3) is 1.00. The third kappa shape index (κ3) is 2.51. The second-order valence-electron chi connectivity index (χ2n) is 5.80. The molecule has 0 aromatic heterocycles. The highest BCUT2D eigenvalue weighted by molar-refractivity contribution is 4.99. The minimum atomic E-state index is 0.259. The van der Waals surface area contributed by atoms with Crippen LogP contribution < -0.4 is 5.73 Å². The van der Waals surface area contributed by atoms with Crippen molar-refractivity contribution in [2.24, 2.45) is 11.7 Å². The lowest BCUT2D eigenvalue weighted by Crippen LogP contribution is -2.63. The first kappa shape index (κ1) is 13.3. The molecule has 1 aliphatic carbocycles. The van der Waals surface area contributed by atoms with Crippen LogP contribution in [0.5, 0.6) is 0 Å². The van der Waals surface area contributed by atoms with E-state index in [1.807, 2.05) is 0 Å². The van der Waals surface area contributed by atoms with E-state index in [2.05, 4.69) is 18.7 Å². The highest BCUT2D eigenvalue weighted by atomic mass is 16.5. The molecule has 3 unspecified atom stereocenters. The summed E-state index contributed by atoms with van der Waals surface area (Å²) in [6, 6.07) is 0. The average Bonchev–Trinajstić information content (AvgIpc) is 2.40. The molecule has 2 fully saturated rings. The van der Waals surface area contributed by atoms with Gasteiger partial charge in [-0.15, -0.1) is 0 Å². The molecule has 0 spiro atoms. The summed E-state index contributed by atoms with van der Waals surface area (Å²) in [6.07, 6.45) is 6.87. The van der Waals surface area contributed by atoms with E-state index in [9.17, 15) is 0 Å². The number of morpholine rings is 1. The normalized spacial score (nSPS) is 40.4. The first-order valence-electron chi connectivity index (χ1n) is 7.29. The van der Waals surface area contributed by atoms with E-state index in [0.29, 0.717) is 6.10 Å². The Kier molecular flexibility index (Phi) is 4.45. The predicted octanol–water partition coefficient (Wildman–Crippen LogP) is 2.00. The van der Waals surface area contributed by atoms with E-state index in [4.69, 9.17) is 10.5 Å². The lowest BCUT2D eigenvalue weighted by molar-refractivity contribution is -0.0925. The summed E-state index contributed by atoms with van der Waals surface area (Å²) in [5, 5.41) is 0. The number of hydrogen-bond donors (Lipinski definition) is 1. The number of ether oxygens (including phenoxy) is 1. The van der Waals surface area contributed by atoms with Crippen LogP contribution in [0.3, 0.4) is 0 Å². The largest absolute Gasteiger partial charge is 0.376 e. The molecule has 0 aromatic carbocycles. The molecular weight excluding hydrogens is 212 g/mol. The van der Waals surface area contributed by atoms with Crippen LogP contribution in [0.25, 0.3) is 0 Å². The highest BCUT2D eigenvalue weighted by Crippen LogP contribution is 2.38. The van der Waals surface area contributed by atoms with Crippen molar-refractivity contribution in [2.45, 2.75) is 57.6 Å². The highest BCUT2D eigenvalue weighted by Gasteiger charge is 2.43. The number of rotatable bonds is 3. The van der Waals surface area contributed by atoms with Crippen molar-refractivity contribution in [1.29, 1.82) is 0 Å². The molecular formula is C14H28N2O. The van der Waals surface area contributed by atoms with Gasteiger partial charge in [-0.2, -0.15) is 0 Å². The molecule has 3 atom stereocenters. The van der Waals surface area contributed by atoms with Crippen molar-refractivity contribution in [3.05, 3.63) is 0 Å². The Hall–Kier alpha value is -0.120. The minimum Gasteiger partial charge on any atom is -0.376 e. The molecule has 3 nitrogen and oxygen atoms in total. The van der Waals surface area contributed by atoms with Crippen molar-refractivity contribution < 1.29 is 4.74 Å². The van der Waals surface area contributed by atoms with Crippen LogP contribution in [0.1, 0.15) is 46.0 Å². The summed E-state index contributed by atoms with van der Waals surface area (Å²) in [5.41, 5.74) is 6.42. The van der Waals surface area contributed by atoms with Crippen LogP contribution in [0, 0.1) is 5.92 Å². The molecule has 1 saturated carbocycles. The van der Waals surface area contributed by atoms with Gasteiger partial charge in [-0.3, -0.25) is 4.90 Å². The van der Waals surface area contributed by atoms with E-state index < -0.39 is 0 Å². The summed E-state index contributed by atoms with van der Waals surface area (Å²) in [6.45, 7) is 8.45. The van der Waals surface area contributed by atoms with Gasteiger partial charge in [0.1, 0.15) is 0 Å². The fourth-order valence-electron chi connectivity index (χ4n) is 3.67. The molecule has 0 bridgehead atoms. The van der Waals surface area contributed by atoms with Crippen LogP contribution in [0.15, 0.2) is 0 Å². The van der Waals surface area contributed by atoms with Crippen LogP contribution in [-0.4, -0.2) is 42.8 Å². The molecule has 2 N–H and O–H groups in total. The Balaban J connectivity index is 2.10. The predicted molar refractivity (Wildman–Crippen MR) is 71.0 cm³/mol. The number of nitrogens with two attached hydrogens (primary N) is 1.